The highest BCUT2D eigenvalue weighted by Crippen LogP contribution is 2.07. The molecule has 100 valence electrons. The van der Waals surface area contributed by atoms with Crippen LogP contribution in [-0.4, -0.2) is 38.5 Å². The van der Waals surface area contributed by atoms with Crippen molar-refractivity contribution in [1.29, 1.82) is 0 Å². The predicted molar refractivity (Wildman–Crippen MR) is 71.3 cm³/mol. The predicted octanol–water partition coefficient (Wildman–Crippen LogP) is -0.346. The molecule has 0 amide bonds. The molecular weight excluding hydrogens is 245 g/mol. The first kappa shape index (κ1) is 13.6. The van der Waals surface area contributed by atoms with E-state index in [9.17, 15) is 0 Å². The van der Waals surface area contributed by atoms with E-state index in [0.29, 0.717) is 24.4 Å². The third-order valence-corrected chi connectivity index (χ3v) is 2.69. The summed E-state index contributed by atoms with van der Waals surface area (Å²) in [5.74, 6) is 2.18. The van der Waals surface area contributed by atoms with Crippen LogP contribution < -0.4 is 10.2 Å². The van der Waals surface area contributed by atoms with E-state index >= 15 is 0 Å². The van der Waals surface area contributed by atoms with Gasteiger partial charge in [0, 0.05) is 0 Å². The summed E-state index contributed by atoms with van der Waals surface area (Å²) < 4.78 is 7.33. The fraction of sp³-hybridized carbons (Fsp3) is 0.333. The Bertz CT molecular complexity index is 557. The van der Waals surface area contributed by atoms with Gasteiger partial charge in [0.25, 0.3) is 0 Å². The molecule has 7 heteroatoms. The summed E-state index contributed by atoms with van der Waals surface area (Å²) in [6.07, 6.45) is 0. The second kappa shape index (κ2) is 5.86. The Morgan fingerprint density at radius 1 is 1.32 bits per heavy atom. The average Bonchev–Trinajstić information content (AvgIpc) is 2.68. The summed E-state index contributed by atoms with van der Waals surface area (Å²) in [5.41, 5.74) is 0.408. The van der Waals surface area contributed by atoms with Crippen molar-refractivity contribution in [2.75, 3.05) is 6.61 Å². The summed E-state index contributed by atoms with van der Waals surface area (Å²) in [5, 5.41) is 22.4. The lowest BCUT2D eigenvalue weighted by atomic mass is 9.80. The van der Waals surface area contributed by atoms with Crippen LogP contribution in [0.3, 0.4) is 0 Å². The molecule has 0 radical (unpaired) electrons. The highest BCUT2D eigenvalue weighted by atomic mass is 16.5. The molecule has 0 fully saturated rings. The van der Waals surface area contributed by atoms with Crippen LogP contribution >= 0.6 is 0 Å². The van der Waals surface area contributed by atoms with Gasteiger partial charge in [-0.2, -0.15) is 5.10 Å². The Balaban J connectivity index is 1.92. The number of aryl methyl sites for hydroxylation is 2. The number of benzene rings is 1. The van der Waals surface area contributed by atoms with Gasteiger partial charge in [-0.1, -0.05) is 12.1 Å². The van der Waals surface area contributed by atoms with Gasteiger partial charge in [0.1, 0.15) is 24.0 Å². The Hall–Kier alpha value is -1.86. The van der Waals surface area contributed by atoms with Crippen molar-refractivity contribution in [2.24, 2.45) is 0 Å². The number of nitrogens with zero attached hydrogens (tertiary/aromatic N) is 3. The number of hydrogen-bond acceptors (Lipinski definition) is 5. The fourth-order valence-electron chi connectivity index (χ4n) is 1.79. The van der Waals surface area contributed by atoms with Crippen LogP contribution in [0.1, 0.15) is 11.6 Å². The van der Waals surface area contributed by atoms with Crippen LogP contribution in [-0.2, 0) is 6.54 Å². The van der Waals surface area contributed by atoms with E-state index in [-0.39, 0.29) is 0 Å². The van der Waals surface area contributed by atoms with E-state index < -0.39 is 7.12 Å². The maximum Gasteiger partial charge on any atom is 0.488 e. The molecule has 6 nitrogen and oxygen atoms in total. The molecule has 0 aliphatic rings. The van der Waals surface area contributed by atoms with E-state index in [1.807, 2.05) is 13.8 Å². The maximum absolute atomic E-state index is 9.07. The smallest absolute Gasteiger partial charge is 0.488 e. The molecule has 2 rings (SSSR count). The van der Waals surface area contributed by atoms with Crippen LogP contribution in [0.5, 0.6) is 5.75 Å². The van der Waals surface area contributed by atoms with Gasteiger partial charge >= 0.3 is 7.12 Å². The average molecular weight is 261 g/mol. The topological polar surface area (TPSA) is 80.4 Å². The summed E-state index contributed by atoms with van der Waals surface area (Å²) in [7, 11) is -1.48. The molecule has 0 atom stereocenters. The summed E-state index contributed by atoms with van der Waals surface area (Å²) in [6.45, 7) is 4.77. The zero-order valence-electron chi connectivity index (χ0n) is 10.9. The van der Waals surface area contributed by atoms with Crippen molar-refractivity contribution in [2.45, 2.75) is 20.4 Å². The van der Waals surface area contributed by atoms with Crippen LogP contribution in [0.25, 0.3) is 0 Å². The molecule has 1 heterocycles. The molecule has 0 aliphatic heterocycles. The van der Waals surface area contributed by atoms with Crippen molar-refractivity contribution in [3.05, 3.63) is 35.9 Å². The number of rotatable bonds is 5. The quantitative estimate of drug-likeness (QED) is 0.719. The molecule has 2 aromatic rings. The van der Waals surface area contributed by atoms with Gasteiger partial charge in [-0.15, -0.1) is 0 Å². The first-order valence-corrected chi connectivity index (χ1v) is 6.03. The minimum atomic E-state index is -1.48. The van der Waals surface area contributed by atoms with Gasteiger partial charge in [-0.25, -0.2) is 9.67 Å². The number of hydrogen-bond donors (Lipinski definition) is 2. The first-order valence-electron chi connectivity index (χ1n) is 6.03. The zero-order valence-corrected chi connectivity index (χ0v) is 10.9. The monoisotopic (exact) mass is 261 g/mol. The van der Waals surface area contributed by atoms with Crippen LogP contribution in [0.2, 0.25) is 0 Å². The number of ether oxygens (including phenoxy) is 1. The molecule has 0 aliphatic carbocycles. The minimum absolute atomic E-state index is 0.408. The molecule has 0 saturated heterocycles. The lowest BCUT2D eigenvalue weighted by Gasteiger charge is -2.08. The van der Waals surface area contributed by atoms with Crippen LogP contribution in [0.4, 0.5) is 0 Å². The lowest BCUT2D eigenvalue weighted by Crippen LogP contribution is -2.29. The van der Waals surface area contributed by atoms with E-state index in [2.05, 4.69) is 10.1 Å². The highest BCUT2D eigenvalue weighted by Gasteiger charge is 2.11. The van der Waals surface area contributed by atoms with E-state index in [4.69, 9.17) is 14.8 Å². The molecule has 0 saturated carbocycles. The molecule has 19 heavy (non-hydrogen) atoms. The Morgan fingerprint density at radius 3 is 2.74 bits per heavy atom. The summed E-state index contributed by atoms with van der Waals surface area (Å²) >= 11 is 0. The Kier molecular flexibility index (Phi) is 4.18. The molecule has 0 bridgehead atoms. The molecule has 1 aromatic carbocycles. The SMILES string of the molecule is Cc1nc(C)n(CCOc2cccc(B(O)O)c2)n1. The molecule has 1 aromatic heterocycles. The highest BCUT2D eigenvalue weighted by molar-refractivity contribution is 6.58. The van der Waals surface area contributed by atoms with Crippen molar-refractivity contribution in [3.8, 4) is 5.75 Å². The molecule has 0 unspecified atom stereocenters. The van der Waals surface area contributed by atoms with Crippen molar-refractivity contribution in [3.63, 3.8) is 0 Å². The maximum atomic E-state index is 9.07. The third-order valence-electron chi connectivity index (χ3n) is 2.69. The first-order chi connectivity index (χ1) is 9.06. The molecule has 2 N–H and O–H groups in total. The second-order valence-electron chi connectivity index (χ2n) is 4.22. The fourth-order valence-corrected chi connectivity index (χ4v) is 1.79. The molecular formula is C12H16BN3O3. The molecule has 0 spiro atoms. The van der Waals surface area contributed by atoms with Crippen molar-refractivity contribution >= 4 is 12.6 Å². The van der Waals surface area contributed by atoms with Gasteiger partial charge in [-0.3, -0.25) is 0 Å². The summed E-state index contributed by atoms with van der Waals surface area (Å²) in [4.78, 5) is 4.20. The van der Waals surface area contributed by atoms with Crippen molar-refractivity contribution < 1.29 is 14.8 Å². The van der Waals surface area contributed by atoms with Gasteiger partial charge in [0.05, 0.1) is 6.54 Å². The van der Waals surface area contributed by atoms with E-state index in [0.717, 1.165) is 11.6 Å². The zero-order chi connectivity index (χ0) is 13.8. The van der Waals surface area contributed by atoms with Crippen molar-refractivity contribution in [1.82, 2.24) is 14.8 Å². The normalized spacial score (nSPS) is 10.5. The van der Waals surface area contributed by atoms with Gasteiger partial charge in [0.15, 0.2) is 0 Å². The second-order valence-corrected chi connectivity index (χ2v) is 4.22. The standard InChI is InChI=1S/C12H16BN3O3/c1-9-14-10(2)16(15-9)6-7-19-12-5-3-4-11(8-12)13(17)18/h3-5,8,17-18H,6-7H2,1-2H3. The van der Waals surface area contributed by atoms with E-state index in [1.165, 1.54) is 0 Å². The van der Waals surface area contributed by atoms with E-state index in [1.54, 1.807) is 28.9 Å². The lowest BCUT2D eigenvalue weighted by molar-refractivity contribution is 0.289. The largest absolute Gasteiger partial charge is 0.492 e. The van der Waals surface area contributed by atoms with Gasteiger partial charge in [-0.05, 0) is 31.4 Å². The van der Waals surface area contributed by atoms with Gasteiger partial charge in [0.2, 0.25) is 0 Å². The van der Waals surface area contributed by atoms with Crippen LogP contribution in [0, 0.1) is 13.8 Å². The van der Waals surface area contributed by atoms with Gasteiger partial charge < -0.3 is 14.8 Å². The minimum Gasteiger partial charge on any atom is -0.492 e. The number of aromatic nitrogens is 3. The van der Waals surface area contributed by atoms with Crippen LogP contribution in [0.15, 0.2) is 24.3 Å². The Labute approximate surface area is 111 Å². The third kappa shape index (κ3) is 3.55. The summed E-state index contributed by atoms with van der Waals surface area (Å²) in [6, 6.07) is 6.72. The Morgan fingerprint density at radius 2 is 2.11 bits per heavy atom.